The monoisotopic (exact) mass is 354 g/mol. The van der Waals surface area contributed by atoms with Crippen LogP contribution in [-0.4, -0.2) is 29.1 Å². The van der Waals surface area contributed by atoms with Crippen molar-refractivity contribution in [2.45, 2.75) is 0 Å². The lowest BCUT2D eigenvalue weighted by Gasteiger charge is -2.11. The van der Waals surface area contributed by atoms with Gasteiger partial charge in [-0.25, -0.2) is 9.37 Å². The Balaban J connectivity index is 2.26. The van der Waals surface area contributed by atoms with Crippen molar-refractivity contribution >= 4 is 21.8 Å². The number of nitrogens with zero attached hydrogens (tertiary/aromatic N) is 1. The van der Waals surface area contributed by atoms with Crippen LogP contribution < -0.4 is 10.1 Å². The molecule has 0 saturated heterocycles. The zero-order chi connectivity index (χ0) is 15.2. The molecule has 0 spiro atoms. The molecule has 2 rings (SSSR count). The molecule has 2 aromatic rings. The van der Waals surface area contributed by atoms with E-state index in [0.29, 0.717) is 10.2 Å². The Hall–Kier alpha value is -1.99. The van der Waals surface area contributed by atoms with Crippen LogP contribution >= 0.6 is 15.9 Å². The standard InChI is InChI=1S/C14H12BrFN2O3/c15-11-8-9(16)3-4-12(11)21-14-10(2-1-5-18-14)13(20)17-6-7-19/h1-5,8,19H,6-7H2,(H,17,20). The molecule has 110 valence electrons. The number of aromatic nitrogens is 1. The highest BCUT2D eigenvalue weighted by Crippen LogP contribution is 2.30. The van der Waals surface area contributed by atoms with E-state index < -0.39 is 11.7 Å². The number of aliphatic hydroxyl groups is 1. The molecular formula is C14H12BrFN2O3. The summed E-state index contributed by atoms with van der Waals surface area (Å²) in [4.78, 5) is 15.9. The second-order valence-electron chi connectivity index (χ2n) is 4.01. The highest BCUT2D eigenvalue weighted by Gasteiger charge is 2.15. The lowest BCUT2D eigenvalue weighted by molar-refractivity contribution is 0.0942. The summed E-state index contributed by atoms with van der Waals surface area (Å²) >= 11 is 3.18. The number of pyridine rings is 1. The highest BCUT2D eigenvalue weighted by molar-refractivity contribution is 9.10. The molecule has 0 unspecified atom stereocenters. The molecule has 0 radical (unpaired) electrons. The van der Waals surface area contributed by atoms with Gasteiger partial charge in [0, 0.05) is 12.7 Å². The maximum Gasteiger partial charge on any atom is 0.256 e. The molecule has 1 aromatic heterocycles. The first-order valence-electron chi connectivity index (χ1n) is 6.09. The number of aliphatic hydroxyl groups excluding tert-OH is 1. The topological polar surface area (TPSA) is 71.5 Å². The fourth-order valence-electron chi connectivity index (χ4n) is 1.57. The Bertz CT molecular complexity index is 652. The van der Waals surface area contributed by atoms with Crippen LogP contribution in [0.2, 0.25) is 0 Å². The Morgan fingerprint density at radius 1 is 1.43 bits per heavy atom. The number of halogens is 2. The Labute approximate surface area is 128 Å². The molecule has 21 heavy (non-hydrogen) atoms. The Kier molecular flexibility index (Phi) is 5.24. The van der Waals surface area contributed by atoms with Crippen molar-refractivity contribution < 1.29 is 19.0 Å². The number of rotatable bonds is 5. The minimum Gasteiger partial charge on any atom is -0.437 e. The average Bonchev–Trinajstić information content (AvgIpc) is 2.48. The van der Waals surface area contributed by atoms with Crippen LogP contribution in [0.25, 0.3) is 0 Å². The van der Waals surface area contributed by atoms with Gasteiger partial charge in [0.2, 0.25) is 5.88 Å². The highest BCUT2D eigenvalue weighted by atomic mass is 79.9. The van der Waals surface area contributed by atoms with Crippen LogP contribution in [0.3, 0.4) is 0 Å². The molecule has 2 N–H and O–H groups in total. The Morgan fingerprint density at radius 2 is 2.24 bits per heavy atom. The van der Waals surface area contributed by atoms with Crippen molar-refractivity contribution in [3.05, 3.63) is 52.4 Å². The smallest absolute Gasteiger partial charge is 0.256 e. The lowest BCUT2D eigenvalue weighted by Crippen LogP contribution is -2.26. The molecule has 0 atom stereocenters. The second-order valence-corrected chi connectivity index (χ2v) is 4.87. The number of hydrogen-bond donors (Lipinski definition) is 2. The SMILES string of the molecule is O=C(NCCO)c1cccnc1Oc1ccc(F)cc1Br. The fraction of sp³-hybridized carbons (Fsp3) is 0.143. The molecule has 1 aromatic carbocycles. The van der Waals surface area contributed by atoms with Gasteiger partial charge in [-0.1, -0.05) is 0 Å². The second kappa shape index (κ2) is 7.14. The van der Waals surface area contributed by atoms with Gasteiger partial charge in [-0.05, 0) is 46.3 Å². The van der Waals surface area contributed by atoms with Crippen LogP contribution in [0.4, 0.5) is 4.39 Å². The molecule has 0 bridgehead atoms. The lowest BCUT2D eigenvalue weighted by atomic mass is 10.2. The summed E-state index contributed by atoms with van der Waals surface area (Å²) in [6.45, 7) is -0.0287. The van der Waals surface area contributed by atoms with E-state index in [-0.39, 0.29) is 24.6 Å². The number of nitrogens with one attached hydrogen (secondary N) is 1. The van der Waals surface area contributed by atoms with Crippen molar-refractivity contribution in [1.82, 2.24) is 10.3 Å². The molecular weight excluding hydrogens is 343 g/mol. The minimum absolute atomic E-state index is 0.0975. The minimum atomic E-state index is -0.412. The zero-order valence-electron chi connectivity index (χ0n) is 10.8. The van der Waals surface area contributed by atoms with Gasteiger partial charge in [0.1, 0.15) is 17.1 Å². The zero-order valence-corrected chi connectivity index (χ0v) is 12.4. The average molecular weight is 355 g/mol. The largest absolute Gasteiger partial charge is 0.437 e. The molecule has 1 heterocycles. The van der Waals surface area contributed by atoms with Crippen molar-refractivity contribution in [3.63, 3.8) is 0 Å². The molecule has 1 amide bonds. The number of benzene rings is 1. The van der Waals surface area contributed by atoms with E-state index in [2.05, 4.69) is 26.2 Å². The van der Waals surface area contributed by atoms with E-state index in [0.717, 1.165) is 0 Å². The first-order chi connectivity index (χ1) is 10.1. The molecule has 0 fully saturated rings. The third-order valence-corrected chi connectivity index (χ3v) is 3.13. The first kappa shape index (κ1) is 15.4. The number of ether oxygens (including phenoxy) is 1. The number of carbonyl (C=O) groups is 1. The molecule has 0 saturated carbocycles. The number of amides is 1. The maximum atomic E-state index is 13.0. The van der Waals surface area contributed by atoms with Gasteiger partial charge in [0.15, 0.2) is 0 Å². The van der Waals surface area contributed by atoms with Crippen LogP contribution in [0, 0.1) is 5.82 Å². The number of carbonyl (C=O) groups excluding carboxylic acids is 1. The van der Waals surface area contributed by atoms with E-state index in [1.165, 1.54) is 24.4 Å². The predicted octanol–water partition coefficient (Wildman–Crippen LogP) is 2.50. The summed E-state index contributed by atoms with van der Waals surface area (Å²) in [5, 5.41) is 11.2. The third-order valence-electron chi connectivity index (χ3n) is 2.51. The number of hydrogen-bond acceptors (Lipinski definition) is 4. The quantitative estimate of drug-likeness (QED) is 0.865. The summed E-state index contributed by atoms with van der Waals surface area (Å²) in [6, 6.07) is 7.08. The van der Waals surface area contributed by atoms with Gasteiger partial charge >= 0.3 is 0 Å². The van der Waals surface area contributed by atoms with Crippen LogP contribution in [0.1, 0.15) is 10.4 Å². The van der Waals surface area contributed by atoms with Crippen LogP contribution in [-0.2, 0) is 0 Å². The molecule has 0 aliphatic carbocycles. The van der Waals surface area contributed by atoms with E-state index in [1.54, 1.807) is 12.1 Å². The van der Waals surface area contributed by atoms with Gasteiger partial charge in [-0.15, -0.1) is 0 Å². The van der Waals surface area contributed by atoms with E-state index in [9.17, 15) is 9.18 Å². The van der Waals surface area contributed by atoms with Crippen LogP contribution in [0.15, 0.2) is 41.0 Å². The van der Waals surface area contributed by atoms with Gasteiger partial charge in [-0.3, -0.25) is 4.79 Å². The van der Waals surface area contributed by atoms with Gasteiger partial charge in [-0.2, -0.15) is 0 Å². The van der Waals surface area contributed by atoms with Crippen molar-refractivity contribution in [2.75, 3.05) is 13.2 Å². The summed E-state index contributed by atoms with van der Waals surface area (Å²) < 4.78 is 19.0. The molecule has 0 aliphatic heterocycles. The maximum absolute atomic E-state index is 13.0. The molecule has 0 aliphatic rings. The summed E-state index contributed by atoms with van der Waals surface area (Å²) in [5.41, 5.74) is 0.224. The summed E-state index contributed by atoms with van der Waals surface area (Å²) in [5.74, 6) is -0.381. The van der Waals surface area contributed by atoms with Crippen molar-refractivity contribution in [2.24, 2.45) is 0 Å². The third kappa shape index (κ3) is 3.99. The summed E-state index contributed by atoms with van der Waals surface area (Å²) in [7, 11) is 0. The molecule has 7 heteroatoms. The van der Waals surface area contributed by atoms with Gasteiger partial charge < -0.3 is 15.2 Å². The van der Waals surface area contributed by atoms with E-state index >= 15 is 0 Å². The first-order valence-corrected chi connectivity index (χ1v) is 6.88. The summed E-state index contributed by atoms with van der Waals surface area (Å²) in [6.07, 6.45) is 1.48. The van der Waals surface area contributed by atoms with Crippen LogP contribution in [0.5, 0.6) is 11.6 Å². The van der Waals surface area contributed by atoms with E-state index in [1.807, 2.05) is 0 Å². The van der Waals surface area contributed by atoms with Gasteiger partial charge in [0.25, 0.3) is 5.91 Å². The fourth-order valence-corrected chi connectivity index (χ4v) is 2.00. The molecule has 5 nitrogen and oxygen atoms in total. The van der Waals surface area contributed by atoms with Gasteiger partial charge in [0.05, 0.1) is 11.1 Å². The van der Waals surface area contributed by atoms with Crippen molar-refractivity contribution in [1.29, 1.82) is 0 Å². The van der Waals surface area contributed by atoms with Crippen molar-refractivity contribution in [3.8, 4) is 11.6 Å². The predicted molar refractivity (Wildman–Crippen MR) is 77.8 cm³/mol. The van der Waals surface area contributed by atoms with E-state index in [4.69, 9.17) is 9.84 Å². The normalized spacial score (nSPS) is 10.2. The Morgan fingerprint density at radius 3 is 2.95 bits per heavy atom.